The van der Waals surface area contributed by atoms with Crippen LogP contribution in [-0.4, -0.2) is 18.0 Å². The monoisotopic (exact) mass is 556 g/mol. The Morgan fingerprint density at radius 1 is 1.12 bits per heavy atom. The molecule has 0 aliphatic heterocycles. The highest BCUT2D eigenvalue weighted by atomic mass is 79.9. The molecule has 1 N–H and O–H groups in total. The first-order chi connectivity index (χ1) is 15.4. The van der Waals surface area contributed by atoms with E-state index in [0.717, 1.165) is 27.6 Å². The van der Waals surface area contributed by atoms with Gasteiger partial charge in [-0.15, -0.1) is 0 Å². The van der Waals surface area contributed by atoms with Crippen LogP contribution in [0.3, 0.4) is 0 Å². The average Bonchev–Trinajstić information content (AvgIpc) is 3.22. The Hall–Kier alpha value is -2.64. The summed E-state index contributed by atoms with van der Waals surface area (Å²) in [5.41, 5.74) is 4.79. The molecule has 0 radical (unpaired) electrons. The number of rotatable bonds is 6. The minimum absolute atomic E-state index is 0.268. The van der Waals surface area contributed by atoms with Gasteiger partial charge in [0.1, 0.15) is 11.3 Å². The lowest BCUT2D eigenvalue weighted by atomic mass is 9.98. The fourth-order valence-electron chi connectivity index (χ4n) is 3.44. The molecule has 0 aliphatic rings. The number of oxazole rings is 1. The molecule has 1 aromatic heterocycles. The van der Waals surface area contributed by atoms with E-state index in [1.807, 2.05) is 36.4 Å². The molecule has 1 amide bonds. The lowest BCUT2D eigenvalue weighted by Crippen LogP contribution is -2.13. The Balaban J connectivity index is 1.55. The third kappa shape index (κ3) is 4.59. The summed E-state index contributed by atoms with van der Waals surface area (Å²) in [7, 11) is 1.53. The van der Waals surface area contributed by atoms with Crippen LogP contribution in [0.5, 0.6) is 5.75 Å². The predicted octanol–water partition coefficient (Wildman–Crippen LogP) is 7.79. The number of carbonyl (C=O) groups is 1. The lowest BCUT2D eigenvalue weighted by molar-refractivity contribution is 0.102. The molecule has 0 saturated carbocycles. The van der Waals surface area contributed by atoms with Crippen LogP contribution in [0.1, 0.15) is 42.1 Å². The molecule has 0 bridgehead atoms. The number of nitrogens with zero attached hydrogens (tertiary/aromatic N) is 1. The second kappa shape index (κ2) is 9.46. The Bertz CT molecular complexity index is 1280. The molecule has 32 heavy (non-hydrogen) atoms. The number of halogens is 2. The Kier molecular flexibility index (Phi) is 6.67. The zero-order valence-corrected chi connectivity index (χ0v) is 21.1. The van der Waals surface area contributed by atoms with Gasteiger partial charge in [-0.2, -0.15) is 0 Å². The van der Waals surface area contributed by atoms with E-state index >= 15 is 0 Å². The van der Waals surface area contributed by atoms with Gasteiger partial charge in [0.2, 0.25) is 5.89 Å². The first-order valence-corrected chi connectivity index (χ1v) is 11.8. The molecular weight excluding hydrogens is 536 g/mol. The van der Waals surface area contributed by atoms with Crippen molar-refractivity contribution < 1.29 is 13.9 Å². The number of benzene rings is 3. The van der Waals surface area contributed by atoms with E-state index < -0.39 is 0 Å². The van der Waals surface area contributed by atoms with E-state index in [-0.39, 0.29) is 5.91 Å². The van der Waals surface area contributed by atoms with Gasteiger partial charge in [0.25, 0.3) is 5.91 Å². The van der Waals surface area contributed by atoms with E-state index in [2.05, 4.69) is 68.1 Å². The van der Waals surface area contributed by atoms with Crippen molar-refractivity contribution in [1.29, 1.82) is 0 Å². The fraction of sp³-hybridized carbons (Fsp3) is 0.200. The topological polar surface area (TPSA) is 64.4 Å². The number of anilines is 1. The Labute approximate surface area is 203 Å². The molecule has 0 aliphatic carbocycles. The van der Waals surface area contributed by atoms with E-state index in [0.29, 0.717) is 33.3 Å². The summed E-state index contributed by atoms with van der Waals surface area (Å²) in [6.07, 6.45) is 1.08. The zero-order valence-electron chi connectivity index (χ0n) is 17.9. The van der Waals surface area contributed by atoms with Crippen LogP contribution in [-0.2, 0) is 0 Å². The molecule has 4 aromatic rings. The smallest absolute Gasteiger partial charge is 0.259 e. The SMILES string of the molecule is CC[C@H](C)c1ccc2oc(-c3ccc(NC(=O)c4cc(Br)cc(Br)c4OC)cc3)nc2c1. The van der Waals surface area contributed by atoms with Gasteiger partial charge >= 0.3 is 0 Å². The van der Waals surface area contributed by atoms with Gasteiger partial charge in [-0.25, -0.2) is 4.98 Å². The van der Waals surface area contributed by atoms with Crippen molar-refractivity contribution in [3.63, 3.8) is 0 Å². The normalized spacial score (nSPS) is 12.0. The largest absolute Gasteiger partial charge is 0.495 e. The summed E-state index contributed by atoms with van der Waals surface area (Å²) in [4.78, 5) is 17.5. The quantitative estimate of drug-likeness (QED) is 0.263. The maximum absolute atomic E-state index is 12.8. The molecule has 0 spiro atoms. The molecule has 7 heteroatoms. The van der Waals surface area contributed by atoms with Crippen LogP contribution in [0.25, 0.3) is 22.6 Å². The fourth-order valence-corrected chi connectivity index (χ4v) is 4.83. The van der Waals surface area contributed by atoms with Crippen molar-refractivity contribution in [3.8, 4) is 17.2 Å². The number of hydrogen-bond acceptors (Lipinski definition) is 4. The van der Waals surface area contributed by atoms with Crippen molar-refractivity contribution in [1.82, 2.24) is 4.98 Å². The van der Waals surface area contributed by atoms with Crippen LogP contribution in [0.15, 0.2) is 68.0 Å². The van der Waals surface area contributed by atoms with Crippen LogP contribution in [0, 0.1) is 0 Å². The van der Waals surface area contributed by atoms with Gasteiger partial charge in [0, 0.05) is 15.7 Å². The first-order valence-electron chi connectivity index (χ1n) is 10.2. The van der Waals surface area contributed by atoms with Crippen molar-refractivity contribution in [2.75, 3.05) is 12.4 Å². The number of aromatic nitrogens is 1. The molecule has 0 saturated heterocycles. The van der Waals surface area contributed by atoms with Crippen molar-refractivity contribution in [2.45, 2.75) is 26.2 Å². The molecule has 4 rings (SSSR count). The number of ether oxygens (including phenoxy) is 1. The summed E-state index contributed by atoms with van der Waals surface area (Å²) in [6.45, 7) is 4.38. The van der Waals surface area contributed by atoms with Crippen LogP contribution >= 0.6 is 31.9 Å². The van der Waals surface area contributed by atoms with Crippen LogP contribution in [0.2, 0.25) is 0 Å². The van der Waals surface area contributed by atoms with E-state index in [1.54, 1.807) is 6.07 Å². The van der Waals surface area contributed by atoms with Gasteiger partial charge in [-0.3, -0.25) is 4.79 Å². The highest BCUT2D eigenvalue weighted by molar-refractivity contribution is 9.11. The highest BCUT2D eigenvalue weighted by Gasteiger charge is 2.17. The maximum Gasteiger partial charge on any atom is 0.259 e. The standard InChI is InChI=1S/C25H22Br2N2O3/c1-4-14(2)16-7-10-22-21(11-16)29-25(32-22)15-5-8-18(9-6-15)28-24(30)19-12-17(26)13-20(27)23(19)31-3/h5-14H,4H2,1-3H3,(H,28,30)/t14-/m0/s1. The average molecular weight is 558 g/mol. The van der Waals surface area contributed by atoms with E-state index in [9.17, 15) is 4.79 Å². The summed E-state index contributed by atoms with van der Waals surface area (Å²) in [5.74, 6) is 1.24. The van der Waals surface area contributed by atoms with E-state index in [1.165, 1.54) is 12.7 Å². The summed E-state index contributed by atoms with van der Waals surface area (Å²) in [6, 6.07) is 17.1. The summed E-state index contributed by atoms with van der Waals surface area (Å²) < 4.78 is 12.8. The third-order valence-electron chi connectivity index (χ3n) is 5.44. The zero-order chi connectivity index (χ0) is 22.8. The molecular formula is C25H22Br2N2O3. The number of fused-ring (bicyclic) bond motifs is 1. The molecule has 5 nitrogen and oxygen atoms in total. The summed E-state index contributed by atoms with van der Waals surface area (Å²) >= 11 is 6.84. The number of nitrogens with one attached hydrogen (secondary N) is 1. The van der Waals surface area contributed by atoms with Gasteiger partial charge in [-0.05, 0) is 82.4 Å². The molecule has 3 aromatic carbocycles. The molecule has 0 unspecified atom stereocenters. The van der Waals surface area contributed by atoms with Crippen molar-refractivity contribution >= 4 is 54.6 Å². The minimum atomic E-state index is -0.268. The molecule has 164 valence electrons. The minimum Gasteiger partial charge on any atom is -0.495 e. The second-order valence-electron chi connectivity index (χ2n) is 7.56. The molecule has 0 fully saturated rings. The number of hydrogen-bond donors (Lipinski definition) is 1. The van der Waals surface area contributed by atoms with Gasteiger partial charge in [0.05, 0.1) is 17.1 Å². The van der Waals surface area contributed by atoms with Crippen molar-refractivity contribution in [2.24, 2.45) is 0 Å². The lowest BCUT2D eigenvalue weighted by Gasteiger charge is -2.12. The number of carbonyl (C=O) groups excluding carboxylic acids is 1. The number of methoxy groups -OCH3 is 1. The van der Waals surface area contributed by atoms with Crippen LogP contribution in [0.4, 0.5) is 5.69 Å². The highest BCUT2D eigenvalue weighted by Crippen LogP contribution is 2.33. The first kappa shape index (κ1) is 22.6. The molecule has 1 atom stereocenters. The number of amides is 1. The van der Waals surface area contributed by atoms with Gasteiger partial charge < -0.3 is 14.5 Å². The third-order valence-corrected chi connectivity index (χ3v) is 6.49. The van der Waals surface area contributed by atoms with Gasteiger partial charge in [-0.1, -0.05) is 35.8 Å². The van der Waals surface area contributed by atoms with Gasteiger partial charge in [0.15, 0.2) is 5.58 Å². The second-order valence-corrected chi connectivity index (χ2v) is 9.33. The molecule has 1 heterocycles. The van der Waals surface area contributed by atoms with Crippen LogP contribution < -0.4 is 10.1 Å². The maximum atomic E-state index is 12.8. The predicted molar refractivity (Wildman–Crippen MR) is 134 cm³/mol. The Morgan fingerprint density at radius 2 is 1.88 bits per heavy atom. The Morgan fingerprint density at radius 3 is 2.56 bits per heavy atom. The van der Waals surface area contributed by atoms with Crippen molar-refractivity contribution in [3.05, 3.63) is 74.7 Å². The summed E-state index contributed by atoms with van der Waals surface area (Å²) in [5, 5.41) is 2.91. The van der Waals surface area contributed by atoms with E-state index in [4.69, 9.17) is 9.15 Å².